The lowest BCUT2D eigenvalue weighted by molar-refractivity contribution is 0.219. The van der Waals surface area contributed by atoms with Crippen LogP contribution in [0.25, 0.3) is 0 Å². The average molecular weight is 299 g/mol. The Morgan fingerprint density at radius 1 is 1.05 bits per heavy atom. The molecule has 0 radical (unpaired) electrons. The highest BCUT2D eigenvalue weighted by Crippen LogP contribution is 2.33. The molecule has 0 aliphatic rings. The van der Waals surface area contributed by atoms with Crippen LogP contribution in [0, 0.1) is 19.7 Å². The van der Waals surface area contributed by atoms with Gasteiger partial charge in [-0.25, -0.2) is 4.39 Å². The van der Waals surface area contributed by atoms with Gasteiger partial charge in [0.25, 0.3) is 0 Å². The van der Waals surface area contributed by atoms with Crippen LogP contribution in [0.1, 0.15) is 28.4 Å². The Kier molecular flexibility index (Phi) is 4.14. The molecule has 0 amide bonds. The van der Waals surface area contributed by atoms with Gasteiger partial charge in [-0.1, -0.05) is 41.4 Å². The van der Waals surface area contributed by atoms with Gasteiger partial charge >= 0.3 is 0 Å². The molecule has 1 atom stereocenters. The van der Waals surface area contributed by atoms with Crippen molar-refractivity contribution in [2.75, 3.05) is 0 Å². The van der Waals surface area contributed by atoms with Crippen molar-refractivity contribution < 1.29 is 9.50 Å². The number of aliphatic hydroxyl groups is 1. The Balaban J connectivity index is 2.53. The van der Waals surface area contributed by atoms with E-state index in [1.54, 1.807) is 18.2 Å². The van der Waals surface area contributed by atoms with Gasteiger partial charge in [-0.15, -0.1) is 0 Å². The summed E-state index contributed by atoms with van der Waals surface area (Å²) in [7, 11) is 0. The molecule has 2 aromatic carbocycles. The van der Waals surface area contributed by atoms with Crippen molar-refractivity contribution in [2.45, 2.75) is 20.0 Å². The average Bonchev–Trinajstić information content (AvgIpc) is 2.36. The molecule has 0 aromatic heterocycles. The highest BCUT2D eigenvalue weighted by atomic mass is 35.5. The Bertz CT molecular complexity index is 626. The van der Waals surface area contributed by atoms with Crippen LogP contribution in [-0.2, 0) is 0 Å². The van der Waals surface area contributed by atoms with Gasteiger partial charge in [-0.05, 0) is 42.7 Å². The minimum atomic E-state index is -0.973. The maximum absolute atomic E-state index is 13.4. The Morgan fingerprint density at radius 2 is 1.74 bits per heavy atom. The quantitative estimate of drug-likeness (QED) is 0.842. The maximum Gasteiger partial charge on any atom is 0.142 e. The zero-order valence-corrected chi connectivity index (χ0v) is 12.1. The summed E-state index contributed by atoms with van der Waals surface area (Å²) in [5.74, 6) is -0.540. The fourth-order valence-electron chi connectivity index (χ4n) is 2.00. The predicted molar refractivity (Wildman–Crippen MR) is 76.4 cm³/mol. The number of hydrogen-bond donors (Lipinski definition) is 1. The van der Waals surface area contributed by atoms with Gasteiger partial charge in [0.15, 0.2) is 0 Å². The standard InChI is InChI=1S/C15H13Cl2FO/c1-8-7-12(16)9(2)6-11(8)15(19)10-4-3-5-13(18)14(10)17/h3-7,15,19H,1-2H3. The van der Waals surface area contributed by atoms with Crippen LogP contribution >= 0.6 is 23.2 Å². The zero-order chi connectivity index (χ0) is 14.2. The Morgan fingerprint density at radius 3 is 2.42 bits per heavy atom. The van der Waals surface area contributed by atoms with E-state index in [0.29, 0.717) is 16.1 Å². The molecule has 0 bridgehead atoms. The molecule has 2 rings (SSSR count). The first-order valence-corrected chi connectivity index (χ1v) is 6.56. The summed E-state index contributed by atoms with van der Waals surface area (Å²) in [5, 5.41) is 11.0. The summed E-state index contributed by atoms with van der Waals surface area (Å²) < 4.78 is 13.4. The zero-order valence-electron chi connectivity index (χ0n) is 10.5. The highest BCUT2D eigenvalue weighted by Gasteiger charge is 2.18. The molecule has 19 heavy (non-hydrogen) atoms. The largest absolute Gasteiger partial charge is 0.384 e. The van der Waals surface area contributed by atoms with Gasteiger partial charge in [0.1, 0.15) is 11.9 Å². The van der Waals surface area contributed by atoms with E-state index >= 15 is 0 Å². The second kappa shape index (κ2) is 5.49. The minimum Gasteiger partial charge on any atom is -0.384 e. The third-order valence-corrected chi connectivity index (χ3v) is 3.92. The third-order valence-electron chi connectivity index (χ3n) is 3.12. The molecular weight excluding hydrogens is 286 g/mol. The first-order chi connectivity index (χ1) is 8.91. The summed E-state index contributed by atoms with van der Waals surface area (Å²) in [5.41, 5.74) is 2.72. The SMILES string of the molecule is Cc1cc(C(O)c2cccc(F)c2Cl)c(C)cc1Cl. The summed E-state index contributed by atoms with van der Waals surface area (Å²) in [6.07, 6.45) is -0.973. The Labute approximate surface area is 121 Å². The molecular formula is C15H13Cl2FO. The number of hydrogen-bond acceptors (Lipinski definition) is 1. The van der Waals surface area contributed by atoms with Gasteiger partial charge in [0.2, 0.25) is 0 Å². The normalized spacial score (nSPS) is 12.5. The summed E-state index contributed by atoms with van der Waals surface area (Å²) in [4.78, 5) is 0. The van der Waals surface area contributed by atoms with Crippen molar-refractivity contribution in [2.24, 2.45) is 0 Å². The molecule has 1 N–H and O–H groups in total. The van der Waals surface area contributed by atoms with Gasteiger partial charge in [-0.3, -0.25) is 0 Å². The van der Waals surface area contributed by atoms with Crippen LogP contribution in [0.5, 0.6) is 0 Å². The fraction of sp³-hybridized carbons (Fsp3) is 0.200. The molecule has 0 heterocycles. The lowest BCUT2D eigenvalue weighted by Gasteiger charge is -2.17. The first kappa shape index (κ1) is 14.3. The maximum atomic E-state index is 13.4. The predicted octanol–water partition coefficient (Wildman–Crippen LogP) is 4.83. The van der Waals surface area contributed by atoms with Crippen molar-refractivity contribution in [1.29, 1.82) is 0 Å². The Hall–Kier alpha value is -1.09. The van der Waals surface area contributed by atoms with E-state index in [4.69, 9.17) is 23.2 Å². The molecule has 0 aliphatic carbocycles. The van der Waals surface area contributed by atoms with E-state index < -0.39 is 11.9 Å². The first-order valence-electron chi connectivity index (χ1n) is 5.80. The van der Waals surface area contributed by atoms with Gasteiger partial charge in [0, 0.05) is 10.6 Å². The fourth-order valence-corrected chi connectivity index (χ4v) is 2.44. The van der Waals surface area contributed by atoms with Gasteiger partial charge < -0.3 is 5.11 Å². The number of rotatable bonds is 2. The van der Waals surface area contributed by atoms with E-state index in [0.717, 1.165) is 11.1 Å². The number of aryl methyl sites for hydroxylation is 2. The lowest BCUT2D eigenvalue weighted by Crippen LogP contribution is -2.04. The number of aliphatic hydroxyl groups excluding tert-OH is 1. The van der Waals surface area contributed by atoms with Crippen molar-refractivity contribution >= 4 is 23.2 Å². The van der Waals surface area contributed by atoms with Crippen molar-refractivity contribution in [3.63, 3.8) is 0 Å². The van der Waals surface area contributed by atoms with Crippen molar-refractivity contribution in [1.82, 2.24) is 0 Å². The summed E-state index contributed by atoms with van der Waals surface area (Å²) in [6, 6.07) is 7.97. The van der Waals surface area contributed by atoms with Crippen LogP contribution in [0.3, 0.4) is 0 Å². The van der Waals surface area contributed by atoms with Gasteiger partial charge in [0.05, 0.1) is 5.02 Å². The number of halogens is 3. The highest BCUT2D eigenvalue weighted by molar-refractivity contribution is 6.32. The topological polar surface area (TPSA) is 20.2 Å². The number of benzene rings is 2. The van der Waals surface area contributed by atoms with Crippen LogP contribution in [0.4, 0.5) is 4.39 Å². The molecule has 1 nitrogen and oxygen atoms in total. The second-order valence-electron chi connectivity index (χ2n) is 4.50. The lowest BCUT2D eigenvalue weighted by atomic mass is 9.95. The molecule has 1 unspecified atom stereocenters. The second-order valence-corrected chi connectivity index (χ2v) is 5.29. The molecule has 0 aliphatic heterocycles. The monoisotopic (exact) mass is 298 g/mol. The van der Waals surface area contributed by atoms with Crippen molar-refractivity contribution in [3.05, 3.63) is 68.4 Å². The van der Waals surface area contributed by atoms with E-state index in [-0.39, 0.29) is 5.02 Å². The van der Waals surface area contributed by atoms with Crippen LogP contribution in [0.2, 0.25) is 10.0 Å². The summed E-state index contributed by atoms with van der Waals surface area (Å²) >= 11 is 11.9. The molecule has 0 saturated heterocycles. The molecule has 0 saturated carbocycles. The van der Waals surface area contributed by atoms with Crippen molar-refractivity contribution in [3.8, 4) is 0 Å². The van der Waals surface area contributed by atoms with Crippen LogP contribution in [0.15, 0.2) is 30.3 Å². The van der Waals surface area contributed by atoms with E-state index in [1.165, 1.54) is 12.1 Å². The molecule has 2 aromatic rings. The van der Waals surface area contributed by atoms with Crippen LogP contribution < -0.4 is 0 Å². The van der Waals surface area contributed by atoms with E-state index in [2.05, 4.69) is 0 Å². The van der Waals surface area contributed by atoms with E-state index in [1.807, 2.05) is 13.8 Å². The molecule has 4 heteroatoms. The van der Waals surface area contributed by atoms with Gasteiger partial charge in [-0.2, -0.15) is 0 Å². The van der Waals surface area contributed by atoms with E-state index in [9.17, 15) is 9.50 Å². The minimum absolute atomic E-state index is 0.0537. The van der Waals surface area contributed by atoms with Crippen LogP contribution in [-0.4, -0.2) is 5.11 Å². The molecule has 100 valence electrons. The molecule has 0 fully saturated rings. The summed E-state index contributed by atoms with van der Waals surface area (Å²) in [6.45, 7) is 3.70. The third kappa shape index (κ3) is 2.76. The molecule has 0 spiro atoms. The smallest absolute Gasteiger partial charge is 0.142 e.